The minimum Gasteiger partial charge on any atom is -0.497 e. The van der Waals surface area contributed by atoms with Crippen LogP contribution in [0.15, 0.2) is 29.3 Å². The zero-order valence-corrected chi connectivity index (χ0v) is 10.4. The minimum absolute atomic E-state index is 0.00398. The lowest BCUT2D eigenvalue weighted by atomic mass is 9.94. The fourth-order valence-corrected chi connectivity index (χ4v) is 2.00. The number of hydrogen-bond donors (Lipinski definition) is 2. The molecule has 0 spiro atoms. The summed E-state index contributed by atoms with van der Waals surface area (Å²) in [5, 5.41) is 3.23. The second-order valence-electron chi connectivity index (χ2n) is 4.74. The Labute approximate surface area is 102 Å². The number of hydrogen-bond acceptors (Lipinski definition) is 4. The van der Waals surface area contributed by atoms with Gasteiger partial charge in [-0.3, -0.25) is 4.99 Å². The van der Waals surface area contributed by atoms with Crippen molar-refractivity contribution in [2.24, 2.45) is 10.7 Å². The molecule has 1 aliphatic rings. The Hall–Kier alpha value is -1.71. The zero-order chi connectivity index (χ0) is 12.3. The molecule has 3 N–H and O–H groups in total. The molecule has 1 heterocycles. The Morgan fingerprint density at radius 1 is 1.41 bits per heavy atom. The quantitative estimate of drug-likeness (QED) is 0.824. The van der Waals surface area contributed by atoms with Gasteiger partial charge in [0.2, 0.25) is 0 Å². The van der Waals surface area contributed by atoms with E-state index in [-0.39, 0.29) is 5.54 Å². The van der Waals surface area contributed by atoms with Gasteiger partial charge in [0.05, 0.1) is 19.2 Å². The number of nitrogens with one attached hydrogen (secondary N) is 1. The fraction of sp³-hybridized carbons (Fsp3) is 0.462. The van der Waals surface area contributed by atoms with Crippen LogP contribution in [0.25, 0.3) is 0 Å². The van der Waals surface area contributed by atoms with Crippen molar-refractivity contribution in [3.05, 3.63) is 29.8 Å². The molecule has 4 nitrogen and oxygen atoms in total. The van der Waals surface area contributed by atoms with Crippen molar-refractivity contribution in [3.63, 3.8) is 0 Å². The third kappa shape index (κ3) is 2.90. The molecular weight excluding hydrogens is 214 g/mol. The van der Waals surface area contributed by atoms with E-state index in [2.05, 4.69) is 29.4 Å². The SMILES string of the molecule is COc1ccc(CCC2(C)CN=C(N)N2)cc1. The van der Waals surface area contributed by atoms with Gasteiger partial charge in [0.1, 0.15) is 5.75 Å². The number of benzene rings is 1. The highest BCUT2D eigenvalue weighted by molar-refractivity contribution is 5.80. The van der Waals surface area contributed by atoms with Gasteiger partial charge in [-0.25, -0.2) is 0 Å². The maximum absolute atomic E-state index is 5.64. The van der Waals surface area contributed by atoms with Crippen LogP contribution < -0.4 is 15.8 Å². The Morgan fingerprint density at radius 2 is 2.12 bits per heavy atom. The van der Waals surface area contributed by atoms with E-state index in [0.717, 1.165) is 25.1 Å². The summed E-state index contributed by atoms with van der Waals surface area (Å²) in [4.78, 5) is 4.19. The molecule has 0 radical (unpaired) electrons. The van der Waals surface area contributed by atoms with Crippen LogP contribution in [0, 0.1) is 0 Å². The number of methoxy groups -OCH3 is 1. The van der Waals surface area contributed by atoms with Gasteiger partial charge in [0, 0.05) is 0 Å². The molecular formula is C13H19N3O. The molecule has 1 unspecified atom stereocenters. The maximum Gasteiger partial charge on any atom is 0.189 e. The molecule has 0 saturated carbocycles. The van der Waals surface area contributed by atoms with Gasteiger partial charge in [-0.15, -0.1) is 0 Å². The Balaban J connectivity index is 1.89. The molecule has 17 heavy (non-hydrogen) atoms. The summed E-state index contributed by atoms with van der Waals surface area (Å²) in [7, 11) is 1.68. The predicted molar refractivity (Wildman–Crippen MR) is 69.3 cm³/mol. The highest BCUT2D eigenvalue weighted by atomic mass is 16.5. The second kappa shape index (κ2) is 4.65. The van der Waals surface area contributed by atoms with Crippen molar-refractivity contribution in [2.75, 3.05) is 13.7 Å². The monoisotopic (exact) mass is 233 g/mol. The molecule has 0 aliphatic carbocycles. The standard InChI is InChI=1S/C13H19N3O/c1-13(9-15-12(14)16-13)8-7-10-3-5-11(17-2)6-4-10/h3-6H,7-9H2,1-2H3,(H3,14,15,16). The molecule has 0 bridgehead atoms. The largest absolute Gasteiger partial charge is 0.497 e. The number of rotatable bonds is 4. The molecule has 1 aromatic rings. The summed E-state index contributed by atoms with van der Waals surface area (Å²) in [5.74, 6) is 1.45. The lowest BCUT2D eigenvalue weighted by molar-refractivity contribution is 0.413. The number of nitrogens with zero attached hydrogens (tertiary/aromatic N) is 1. The van der Waals surface area contributed by atoms with Gasteiger partial charge in [-0.2, -0.15) is 0 Å². The molecule has 0 saturated heterocycles. The molecule has 0 aromatic heterocycles. The number of aryl methyl sites for hydroxylation is 1. The first-order chi connectivity index (χ1) is 8.11. The zero-order valence-electron chi connectivity index (χ0n) is 10.4. The lowest BCUT2D eigenvalue weighted by Crippen LogP contribution is -2.45. The molecule has 1 aliphatic heterocycles. The van der Waals surface area contributed by atoms with E-state index in [1.165, 1.54) is 5.56 Å². The third-order valence-electron chi connectivity index (χ3n) is 3.15. The first kappa shape index (κ1) is 11.8. The minimum atomic E-state index is 0.00398. The van der Waals surface area contributed by atoms with E-state index in [9.17, 15) is 0 Å². The Kier molecular flexibility index (Phi) is 3.22. The summed E-state index contributed by atoms with van der Waals surface area (Å²) in [6.07, 6.45) is 2.03. The Morgan fingerprint density at radius 3 is 2.65 bits per heavy atom. The molecule has 0 fully saturated rings. The van der Waals surface area contributed by atoms with E-state index in [4.69, 9.17) is 10.5 Å². The van der Waals surface area contributed by atoms with E-state index in [1.807, 2.05) is 12.1 Å². The third-order valence-corrected chi connectivity index (χ3v) is 3.15. The van der Waals surface area contributed by atoms with Crippen LogP contribution in [0.5, 0.6) is 5.75 Å². The highest BCUT2D eigenvalue weighted by Gasteiger charge is 2.28. The van der Waals surface area contributed by atoms with Crippen molar-refractivity contribution in [3.8, 4) is 5.75 Å². The van der Waals surface area contributed by atoms with Crippen LogP contribution >= 0.6 is 0 Å². The highest BCUT2D eigenvalue weighted by Crippen LogP contribution is 2.19. The van der Waals surface area contributed by atoms with Crippen molar-refractivity contribution in [1.82, 2.24) is 5.32 Å². The molecule has 1 aromatic carbocycles. The van der Waals surface area contributed by atoms with E-state index >= 15 is 0 Å². The summed E-state index contributed by atoms with van der Waals surface area (Å²) < 4.78 is 5.13. The fourth-order valence-electron chi connectivity index (χ4n) is 2.00. The first-order valence-corrected chi connectivity index (χ1v) is 5.82. The van der Waals surface area contributed by atoms with Crippen molar-refractivity contribution in [2.45, 2.75) is 25.3 Å². The number of nitrogens with two attached hydrogens (primary N) is 1. The smallest absolute Gasteiger partial charge is 0.189 e. The van der Waals surface area contributed by atoms with Gasteiger partial charge in [0.15, 0.2) is 5.96 Å². The van der Waals surface area contributed by atoms with Crippen LogP contribution in [-0.2, 0) is 6.42 Å². The molecule has 2 rings (SSSR count). The molecule has 0 amide bonds. The average molecular weight is 233 g/mol. The topological polar surface area (TPSA) is 59.6 Å². The summed E-state index contributed by atoms with van der Waals surface area (Å²) >= 11 is 0. The van der Waals surface area contributed by atoms with Crippen molar-refractivity contribution in [1.29, 1.82) is 0 Å². The summed E-state index contributed by atoms with van der Waals surface area (Å²) in [6, 6.07) is 8.18. The van der Waals surface area contributed by atoms with Crippen LogP contribution in [0.3, 0.4) is 0 Å². The predicted octanol–water partition coefficient (Wildman–Crippen LogP) is 1.30. The van der Waals surface area contributed by atoms with Crippen molar-refractivity contribution < 1.29 is 4.74 Å². The van der Waals surface area contributed by atoms with Crippen LogP contribution in [0.2, 0.25) is 0 Å². The molecule has 4 heteroatoms. The average Bonchev–Trinajstić information content (AvgIpc) is 2.68. The van der Waals surface area contributed by atoms with E-state index in [1.54, 1.807) is 7.11 Å². The van der Waals surface area contributed by atoms with Crippen LogP contribution in [0.4, 0.5) is 0 Å². The van der Waals surface area contributed by atoms with Gasteiger partial charge in [0.25, 0.3) is 0 Å². The van der Waals surface area contributed by atoms with Gasteiger partial charge < -0.3 is 15.8 Å². The van der Waals surface area contributed by atoms with E-state index in [0.29, 0.717) is 5.96 Å². The van der Waals surface area contributed by atoms with Crippen LogP contribution in [0.1, 0.15) is 18.9 Å². The summed E-state index contributed by atoms with van der Waals surface area (Å²) in [5.41, 5.74) is 6.95. The van der Waals surface area contributed by atoms with Gasteiger partial charge in [-0.1, -0.05) is 12.1 Å². The normalized spacial score (nSPS) is 23.1. The number of ether oxygens (including phenoxy) is 1. The number of guanidine groups is 1. The van der Waals surface area contributed by atoms with Crippen LogP contribution in [-0.4, -0.2) is 25.2 Å². The molecule has 92 valence electrons. The van der Waals surface area contributed by atoms with Gasteiger partial charge in [-0.05, 0) is 37.5 Å². The van der Waals surface area contributed by atoms with E-state index < -0.39 is 0 Å². The second-order valence-corrected chi connectivity index (χ2v) is 4.74. The summed E-state index contributed by atoms with van der Waals surface area (Å²) in [6.45, 7) is 2.91. The maximum atomic E-state index is 5.64. The Bertz CT molecular complexity index is 413. The first-order valence-electron chi connectivity index (χ1n) is 5.82. The lowest BCUT2D eigenvalue weighted by Gasteiger charge is -2.24. The van der Waals surface area contributed by atoms with Gasteiger partial charge >= 0.3 is 0 Å². The van der Waals surface area contributed by atoms with Crippen molar-refractivity contribution >= 4 is 5.96 Å². The number of aliphatic imine (C=N–C) groups is 1. The molecule has 1 atom stereocenters.